The highest BCUT2D eigenvalue weighted by Gasteiger charge is 2.25. The summed E-state index contributed by atoms with van der Waals surface area (Å²) in [5, 5.41) is 0. The number of carbonyl (C=O) groups is 1. The number of pyridine rings is 1. The molecule has 3 heterocycles. The van der Waals surface area contributed by atoms with Crippen molar-refractivity contribution in [3.8, 4) is 5.75 Å². The highest BCUT2D eigenvalue weighted by Crippen LogP contribution is 2.23. The van der Waals surface area contributed by atoms with Gasteiger partial charge in [0.15, 0.2) is 6.61 Å². The first-order chi connectivity index (χ1) is 11.3. The molecule has 0 N–H and O–H groups in total. The third kappa shape index (κ3) is 3.70. The number of ether oxygens (including phenoxy) is 1. The monoisotopic (exact) mass is 314 g/mol. The van der Waals surface area contributed by atoms with E-state index >= 15 is 0 Å². The number of hydrogen-bond donors (Lipinski definition) is 0. The van der Waals surface area contributed by atoms with Gasteiger partial charge in [0.05, 0.1) is 12.2 Å². The average Bonchev–Trinajstić information content (AvgIpc) is 3.09. The first kappa shape index (κ1) is 15.5. The van der Waals surface area contributed by atoms with Gasteiger partial charge in [0.2, 0.25) is 0 Å². The second kappa shape index (κ2) is 7.26. The summed E-state index contributed by atoms with van der Waals surface area (Å²) in [6, 6.07) is 3.91. The number of amides is 1. The zero-order valence-electron chi connectivity index (χ0n) is 13.4. The third-order valence-electron chi connectivity index (χ3n) is 4.20. The highest BCUT2D eigenvalue weighted by molar-refractivity contribution is 5.77. The summed E-state index contributed by atoms with van der Waals surface area (Å²) >= 11 is 0. The fourth-order valence-electron chi connectivity index (χ4n) is 3.03. The minimum Gasteiger partial charge on any atom is -0.482 e. The maximum Gasteiger partial charge on any atom is 0.260 e. The predicted molar refractivity (Wildman–Crippen MR) is 86.2 cm³/mol. The van der Waals surface area contributed by atoms with Crippen molar-refractivity contribution in [3.05, 3.63) is 42.7 Å². The van der Waals surface area contributed by atoms with Gasteiger partial charge in [-0.15, -0.1) is 0 Å². The number of imidazole rings is 1. The molecule has 1 amide bonds. The highest BCUT2D eigenvalue weighted by atomic mass is 16.5. The van der Waals surface area contributed by atoms with Crippen LogP contribution in [0.2, 0.25) is 0 Å². The van der Waals surface area contributed by atoms with Gasteiger partial charge in [-0.25, -0.2) is 4.98 Å². The lowest BCUT2D eigenvalue weighted by Gasteiger charge is -2.34. The Morgan fingerprint density at radius 1 is 1.43 bits per heavy atom. The van der Waals surface area contributed by atoms with E-state index in [1.807, 2.05) is 17.3 Å². The number of aromatic nitrogens is 3. The van der Waals surface area contributed by atoms with Gasteiger partial charge < -0.3 is 14.2 Å². The molecule has 6 nitrogen and oxygen atoms in total. The molecule has 2 aromatic heterocycles. The Morgan fingerprint density at radius 2 is 2.35 bits per heavy atom. The van der Waals surface area contributed by atoms with Gasteiger partial charge in [-0.05, 0) is 25.0 Å². The minimum atomic E-state index is 0.0247. The maximum absolute atomic E-state index is 12.4. The Labute approximate surface area is 136 Å². The Bertz CT molecular complexity index is 641. The summed E-state index contributed by atoms with van der Waals surface area (Å²) in [5.74, 6) is 1.73. The molecule has 1 saturated heterocycles. The van der Waals surface area contributed by atoms with Gasteiger partial charge in [0.1, 0.15) is 11.6 Å². The number of likely N-dealkylation sites (tertiary alicyclic amines) is 1. The molecule has 0 radical (unpaired) electrons. The molecule has 0 aromatic carbocycles. The molecule has 0 aliphatic carbocycles. The molecule has 1 atom stereocenters. The van der Waals surface area contributed by atoms with Gasteiger partial charge in [0.25, 0.3) is 5.91 Å². The molecule has 1 unspecified atom stereocenters. The van der Waals surface area contributed by atoms with Crippen molar-refractivity contribution in [2.45, 2.75) is 32.2 Å². The van der Waals surface area contributed by atoms with Gasteiger partial charge >= 0.3 is 0 Å². The molecular formula is C17H22N4O2. The lowest BCUT2D eigenvalue weighted by Crippen LogP contribution is -2.43. The molecule has 122 valence electrons. The second-order valence-corrected chi connectivity index (χ2v) is 5.72. The van der Waals surface area contributed by atoms with Crippen molar-refractivity contribution in [1.82, 2.24) is 19.4 Å². The Hall–Kier alpha value is -2.37. The molecule has 0 bridgehead atoms. The van der Waals surface area contributed by atoms with Crippen LogP contribution in [0, 0.1) is 0 Å². The number of carbonyl (C=O) groups excluding carboxylic acids is 1. The molecule has 1 aliphatic rings. The Morgan fingerprint density at radius 3 is 3.13 bits per heavy atom. The minimum absolute atomic E-state index is 0.0247. The average molecular weight is 314 g/mol. The molecule has 6 heteroatoms. The molecule has 0 saturated carbocycles. The molecule has 3 rings (SSSR count). The lowest BCUT2D eigenvalue weighted by molar-refractivity contribution is -0.135. The van der Waals surface area contributed by atoms with E-state index in [0.29, 0.717) is 11.8 Å². The van der Waals surface area contributed by atoms with Gasteiger partial charge in [-0.1, -0.05) is 6.92 Å². The number of piperidine rings is 1. The lowest BCUT2D eigenvalue weighted by atomic mass is 10.1. The fourth-order valence-corrected chi connectivity index (χ4v) is 3.03. The van der Waals surface area contributed by atoms with E-state index in [0.717, 1.165) is 38.2 Å². The van der Waals surface area contributed by atoms with Crippen LogP contribution in [0.4, 0.5) is 0 Å². The first-order valence-corrected chi connectivity index (χ1v) is 8.10. The van der Waals surface area contributed by atoms with Gasteiger partial charge in [0, 0.05) is 38.1 Å². The van der Waals surface area contributed by atoms with E-state index in [4.69, 9.17) is 4.74 Å². The van der Waals surface area contributed by atoms with E-state index < -0.39 is 0 Å². The maximum atomic E-state index is 12.4. The summed E-state index contributed by atoms with van der Waals surface area (Å²) in [6.45, 7) is 3.68. The second-order valence-electron chi connectivity index (χ2n) is 5.72. The van der Waals surface area contributed by atoms with Crippen LogP contribution in [0.1, 0.15) is 31.6 Å². The quantitative estimate of drug-likeness (QED) is 0.848. The Balaban J connectivity index is 1.58. The van der Waals surface area contributed by atoms with Gasteiger partial charge in [-0.3, -0.25) is 9.78 Å². The van der Waals surface area contributed by atoms with Crippen LogP contribution in [-0.2, 0) is 11.2 Å². The van der Waals surface area contributed by atoms with E-state index in [1.165, 1.54) is 0 Å². The van der Waals surface area contributed by atoms with Crippen molar-refractivity contribution in [2.75, 3.05) is 19.7 Å². The van der Waals surface area contributed by atoms with Crippen LogP contribution in [-0.4, -0.2) is 45.0 Å². The van der Waals surface area contributed by atoms with Crippen LogP contribution in [0.3, 0.4) is 0 Å². The fraction of sp³-hybridized carbons (Fsp3) is 0.471. The van der Waals surface area contributed by atoms with Gasteiger partial charge in [-0.2, -0.15) is 0 Å². The van der Waals surface area contributed by atoms with E-state index in [2.05, 4.69) is 21.5 Å². The molecule has 0 spiro atoms. The third-order valence-corrected chi connectivity index (χ3v) is 4.20. The Kier molecular flexibility index (Phi) is 4.90. The summed E-state index contributed by atoms with van der Waals surface area (Å²) < 4.78 is 7.73. The predicted octanol–water partition coefficient (Wildman–Crippen LogP) is 2.08. The van der Waals surface area contributed by atoms with E-state index in [-0.39, 0.29) is 12.5 Å². The van der Waals surface area contributed by atoms with Crippen molar-refractivity contribution in [3.63, 3.8) is 0 Å². The zero-order chi connectivity index (χ0) is 16.1. The largest absolute Gasteiger partial charge is 0.482 e. The van der Waals surface area contributed by atoms with E-state index in [1.54, 1.807) is 24.5 Å². The SMILES string of the molecule is CCc1nccn1C1CCCN(C(=O)COc2cccnc2)C1. The van der Waals surface area contributed by atoms with Crippen molar-refractivity contribution < 1.29 is 9.53 Å². The summed E-state index contributed by atoms with van der Waals surface area (Å²) in [5.41, 5.74) is 0. The van der Waals surface area contributed by atoms with Crippen molar-refractivity contribution in [1.29, 1.82) is 0 Å². The molecule has 2 aromatic rings. The standard InChI is InChI=1S/C17H22N4O2/c1-2-16-19-8-10-21(16)14-5-4-9-20(12-14)17(22)13-23-15-6-3-7-18-11-15/h3,6-8,10-11,14H,2,4-5,9,12-13H2,1H3. The number of aryl methyl sites for hydroxylation is 1. The number of nitrogens with zero attached hydrogens (tertiary/aromatic N) is 4. The topological polar surface area (TPSA) is 60.2 Å². The van der Waals surface area contributed by atoms with Crippen LogP contribution in [0.15, 0.2) is 36.9 Å². The zero-order valence-corrected chi connectivity index (χ0v) is 13.4. The van der Waals surface area contributed by atoms with Crippen LogP contribution in [0.25, 0.3) is 0 Å². The smallest absolute Gasteiger partial charge is 0.260 e. The molecule has 1 aliphatic heterocycles. The normalized spacial score (nSPS) is 18.0. The van der Waals surface area contributed by atoms with Crippen molar-refractivity contribution in [2.24, 2.45) is 0 Å². The van der Waals surface area contributed by atoms with Crippen LogP contribution < -0.4 is 4.74 Å². The van der Waals surface area contributed by atoms with Crippen LogP contribution >= 0.6 is 0 Å². The van der Waals surface area contributed by atoms with Crippen LogP contribution in [0.5, 0.6) is 5.75 Å². The van der Waals surface area contributed by atoms with Crippen molar-refractivity contribution >= 4 is 5.91 Å². The van der Waals surface area contributed by atoms with E-state index in [9.17, 15) is 4.79 Å². The first-order valence-electron chi connectivity index (χ1n) is 8.10. The number of rotatable bonds is 5. The molecule has 23 heavy (non-hydrogen) atoms. The summed E-state index contributed by atoms with van der Waals surface area (Å²) in [7, 11) is 0. The molecule has 1 fully saturated rings. The summed E-state index contributed by atoms with van der Waals surface area (Å²) in [6.07, 6.45) is 10.1. The molecular weight excluding hydrogens is 292 g/mol. The number of hydrogen-bond acceptors (Lipinski definition) is 4. The summed E-state index contributed by atoms with van der Waals surface area (Å²) in [4.78, 5) is 22.7.